The first kappa shape index (κ1) is 20.2. The average Bonchev–Trinajstić information content (AvgIpc) is 3.30. The van der Waals surface area contributed by atoms with Crippen LogP contribution in [0, 0.1) is 0 Å². The first-order chi connectivity index (χ1) is 15.6. The summed E-state index contributed by atoms with van der Waals surface area (Å²) in [6, 6.07) is 14.1. The molecular formula is C25H25N3O4. The highest BCUT2D eigenvalue weighted by Gasteiger charge is 2.23. The molecule has 0 bridgehead atoms. The highest BCUT2D eigenvalue weighted by molar-refractivity contribution is 5.93. The topological polar surface area (TPSA) is 83.9 Å². The Kier molecular flexibility index (Phi) is 5.31. The minimum Gasteiger partial charge on any atom is -0.493 e. The summed E-state index contributed by atoms with van der Waals surface area (Å²) in [4.78, 5) is 17.7. The molecule has 0 fully saturated rings. The molecule has 0 unspecified atom stereocenters. The maximum absolute atomic E-state index is 11.5. The predicted molar refractivity (Wildman–Crippen MR) is 123 cm³/mol. The Morgan fingerprint density at radius 3 is 2.81 bits per heavy atom. The normalized spacial score (nSPS) is 16.3. The predicted octanol–water partition coefficient (Wildman–Crippen LogP) is 4.46. The quantitative estimate of drug-likeness (QED) is 0.596. The molecule has 0 spiro atoms. The van der Waals surface area contributed by atoms with Crippen molar-refractivity contribution in [2.75, 3.05) is 37.0 Å². The Balaban J connectivity index is 1.34. The van der Waals surface area contributed by atoms with Crippen molar-refractivity contribution in [2.24, 2.45) is 0 Å². The molecule has 1 aromatic heterocycles. The van der Waals surface area contributed by atoms with Crippen LogP contribution in [-0.2, 0) is 6.42 Å². The van der Waals surface area contributed by atoms with Crippen LogP contribution in [0.5, 0.6) is 11.5 Å². The van der Waals surface area contributed by atoms with Crippen LogP contribution in [0.15, 0.2) is 54.9 Å². The number of rotatable bonds is 6. The Morgan fingerprint density at radius 1 is 1.12 bits per heavy atom. The number of aromatic nitrogens is 1. The zero-order valence-electron chi connectivity index (χ0n) is 17.9. The molecule has 5 rings (SSSR count). The fraction of sp³-hybridized carbons (Fsp3) is 0.280. The van der Waals surface area contributed by atoms with Crippen molar-refractivity contribution >= 4 is 23.0 Å². The lowest BCUT2D eigenvalue weighted by Gasteiger charge is -2.28. The van der Waals surface area contributed by atoms with E-state index in [1.807, 2.05) is 6.07 Å². The van der Waals surface area contributed by atoms with Crippen LogP contribution in [0.25, 0.3) is 0 Å². The molecule has 7 heteroatoms. The second-order valence-corrected chi connectivity index (χ2v) is 8.11. The molecule has 2 aliphatic heterocycles. The number of hydrogen-bond acceptors (Lipinski definition) is 6. The van der Waals surface area contributed by atoms with Gasteiger partial charge in [-0.05, 0) is 47.9 Å². The van der Waals surface area contributed by atoms with Gasteiger partial charge in [0.05, 0.1) is 30.7 Å². The van der Waals surface area contributed by atoms with E-state index in [9.17, 15) is 9.90 Å². The van der Waals surface area contributed by atoms with Gasteiger partial charge in [-0.3, -0.25) is 4.98 Å². The van der Waals surface area contributed by atoms with Crippen molar-refractivity contribution < 1.29 is 19.4 Å². The number of nitrogens with zero attached hydrogens (tertiary/aromatic N) is 2. The number of carboxylic acids is 1. The molecule has 3 aromatic rings. The number of benzene rings is 2. The van der Waals surface area contributed by atoms with Crippen molar-refractivity contribution in [3.05, 3.63) is 71.5 Å². The maximum atomic E-state index is 11.5. The van der Waals surface area contributed by atoms with E-state index in [-0.39, 0.29) is 11.5 Å². The van der Waals surface area contributed by atoms with Crippen LogP contribution >= 0.6 is 0 Å². The number of pyridine rings is 1. The van der Waals surface area contributed by atoms with Gasteiger partial charge in [0.15, 0.2) is 0 Å². The van der Waals surface area contributed by atoms with Gasteiger partial charge in [0.25, 0.3) is 0 Å². The number of aromatic carboxylic acids is 1. The molecule has 0 radical (unpaired) electrons. The summed E-state index contributed by atoms with van der Waals surface area (Å²) in [5, 5.41) is 12.7. The summed E-state index contributed by atoms with van der Waals surface area (Å²) >= 11 is 0. The van der Waals surface area contributed by atoms with Gasteiger partial charge in [-0.1, -0.05) is 6.07 Å². The van der Waals surface area contributed by atoms with Crippen molar-refractivity contribution in [2.45, 2.75) is 18.8 Å². The van der Waals surface area contributed by atoms with Gasteiger partial charge in [-0.2, -0.15) is 0 Å². The molecule has 164 valence electrons. The second kappa shape index (κ2) is 8.42. The van der Waals surface area contributed by atoms with Crippen molar-refractivity contribution in [1.29, 1.82) is 0 Å². The van der Waals surface area contributed by atoms with Gasteiger partial charge in [-0.15, -0.1) is 0 Å². The number of carboxylic acid groups (broad SMARTS) is 1. The van der Waals surface area contributed by atoms with E-state index in [2.05, 4.69) is 52.6 Å². The summed E-state index contributed by atoms with van der Waals surface area (Å²) in [5.74, 6) is 1.11. The fourth-order valence-electron chi connectivity index (χ4n) is 4.36. The summed E-state index contributed by atoms with van der Waals surface area (Å²) in [5.41, 5.74) is 5.29. The minimum absolute atomic E-state index is 0.220. The summed E-state index contributed by atoms with van der Waals surface area (Å²) in [6.45, 7) is 1.99. The third kappa shape index (κ3) is 3.82. The van der Waals surface area contributed by atoms with Gasteiger partial charge < -0.3 is 24.8 Å². The zero-order chi connectivity index (χ0) is 22.1. The summed E-state index contributed by atoms with van der Waals surface area (Å²) in [7, 11) is 2.05. The van der Waals surface area contributed by atoms with Gasteiger partial charge in [0.1, 0.15) is 11.5 Å². The van der Waals surface area contributed by atoms with Crippen LogP contribution < -0.4 is 19.7 Å². The van der Waals surface area contributed by atoms with E-state index in [1.165, 1.54) is 17.8 Å². The number of hydrogen-bond donors (Lipinski definition) is 2. The van der Waals surface area contributed by atoms with Gasteiger partial charge in [0.2, 0.25) is 0 Å². The zero-order valence-corrected chi connectivity index (χ0v) is 17.9. The van der Waals surface area contributed by atoms with Gasteiger partial charge in [-0.25, -0.2) is 4.79 Å². The Bertz CT molecular complexity index is 1160. The first-order valence-electron chi connectivity index (χ1n) is 10.8. The minimum atomic E-state index is -0.965. The second-order valence-electron chi connectivity index (χ2n) is 8.11. The van der Waals surface area contributed by atoms with E-state index in [1.54, 1.807) is 6.20 Å². The van der Waals surface area contributed by atoms with Gasteiger partial charge in [0, 0.05) is 49.6 Å². The van der Waals surface area contributed by atoms with E-state index in [0.717, 1.165) is 47.9 Å². The third-order valence-electron chi connectivity index (χ3n) is 6.20. The SMILES string of the molecule is CN(c1ccc2c(c1)CCO2)c1ccc2c(c1)OCC[C@H]2CNc1cnccc1C(=O)O. The van der Waals surface area contributed by atoms with Crippen LogP contribution in [0.1, 0.15) is 33.8 Å². The average molecular weight is 431 g/mol. The highest BCUT2D eigenvalue weighted by atomic mass is 16.5. The molecular weight excluding hydrogens is 406 g/mol. The lowest BCUT2D eigenvalue weighted by Crippen LogP contribution is -2.22. The number of ether oxygens (including phenoxy) is 2. The molecule has 0 amide bonds. The largest absolute Gasteiger partial charge is 0.493 e. The monoisotopic (exact) mass is 431 g/mol. The Morgan fingerprint density at radius 2 is 1.94 bits per heavy atom. The third-order valence-corrected chi connectivity index (χ3v) is 6.20. The molecule has 32 heavy (non-hydrogen) atoms. The highest BCUT2D eigenvalue weighted by Crippen LogP contribution is 2.39. The van der Waals surface area contributed by atoms with Crippen molar-refractivity contribution in [1.82, 2.24) is 4.98 Å². The summed E-state index contributed by atoms with van der Waals surface area (Å²) < 4.78 is 11.6. The molecule has 1 atom stereocenters. The number of carbonyl (C=O) groups is 1. The van der Waals surface area contributed by atoms with Crippen LogP contribution in [-0.4, -0.2) is 42.9 Å². The Hall–Kier alpha value is -3.74. The van der Waals surface area contributed by atoms with Crippen LogP contribution in [0.3, 0.4) is 0 Å². The number of anilines is 3. The standard InChI is InChI=1S/C25H25N3O4/c1-28(18-3-5-23-16(12-18)7-10-31-23)19-2-4-20-17(8-11-32-24(20)13-19)14-27-22-15-26-9-6-21(22)25(29)30/h2-6,9,12-13,15,17,27H,7-8,10-11,14H2,1H3,(H,29,30)/t17-/m0/s1. The molecule has 0 aliphatic carbocycles. The fourth-order valence-corrected chi connectivity index (χ4v) is 4.36. The van der Waals surface area contributed by atoms with E-state index in [4.69, 9.17) is 9.47 Å². The molecule has 3 heterocycles. The van der Waals surface area contributed by atoms with E-state index < -0.39 is 5.97 Å². The molecule has 2 N–H and O–H groups in total. The van der Waals surface area contributed by atoms with Crippen LogP contribution in [0.2, 0.25) is 0 Å². The van der Waals surface area contributed by atoms with Crippen molar-refractivity contribution in [3.63, 3.8) is 0 Å². The molecule has 0 saturated carbocycles. The maximum Gasteiger partial charge on any atom is 0.337 e. The molecule has 2 aliphatic rings. The molecule has 2 aromatic carbocycles. The lowest BCUT2D eigenvalue weighted by atomic mass is 9.92. The van der Waals surface area contributed by atoms with Crippen LogP contribution in [0.4, 0.5) is 17.1 Å². The summed E-state index contributed by atoms with van der Waals surface area (Å²) in [6.07, 6.45) is 4.86. The smallest absolute Gasteiger partial charge is 0.337 e. The number of nitrogens with one attached hydrogen (secondary N) is 1. The number of fused-ring (bicyclic) bond motifs is 2. The molecule has 0 saturated heterocycles. The van der Waals surface area contributed by atoms with Gasteiger partial charge >= 0.3 is 5.97 Å². The molecule has 7 nitrogen and oxygen atoms in total. The lowest BCUT2D eigenvalue weighted by molar-refractivity contribution is 0.0697. The van der Waals surface area contributed by atoms with Crippen molar-refractivity contribution in [3.8, 4) is 11.5 Å². The Labute approximate surface area is 186 Å². The first-order valence-corrected chi connectivity index (χ1v) is 10.8. The van der Waals surface area contributed by atoms with E-state index in [0.29, 0.717) is 18.8 Å². The van der Waals surface area contributed by atoms with E-state index >= 15 is 0 Å².